The van der Waals surface area contributed by atoms with Gasteiger partial charge < -0.3 is 5.11 Å². The Labute approximate surface area is 146 Å². The van der Waals surface area contributed by atoms with Gasteiger partial charge in [0.1, 0.15) is 0 Å². The number of unbranched alkanes of at least 4 members (excludes halogenated alkanes) is 13. The van der Waals surface area contributed by atoms with Gasteiger partial charge in [0.15, 0.2) is 0 Å². The highest BCUT2D eigenvalue weighted by Crippen LogP contribution is 2.25. The lowest BCUT2D eigenvalue weighted by atomic mass is 10.0. The van der Waals surface area contributed by atoms with E-state index in [4.69, 9.17) is 16.7 Å². The van der Waals surface area contributed by atoms with Crippen molar-refractivity contribution < 1.29 is 9.90 Å². The van der Waals surface area contributed by atoms with Gasteiger partial charge in [0.2, 0.25) is 0 Å². The molecule has 136 valence electrons. The summed E-state index contributed by atoms with van der Waals surface area (Å²) < 4.78 is 0. The highest BCUT2D eigenvalue weighted by atomic mass is 35.5. The number of carbonyl (C=O) groups is 1. The van der Waals surface area contributed by atoms with Crippen molar-refractivity contribution in [2.75, 3.05) is 0 Å². The summed E-state index contributed by atoms with van der Waals surface area (Å²) >= 11 is 5.63. The van der Waals surface area contributed by atoms with Gasteiger partial charge in [0.05, 0.1) is 0 Å². The molecule has 1 atom stereocenters. The van der Waals surface area contributed by atoms with Crippen LogP contribution in [-0.4, -0.2) is 16.1 Å². The zero-order valence-electron chi connectivity index (χ0n) is 14.7. The predicted molar refractivity (Wildman–Crippen MR) is 96.9 cm³/mol. The summed E-state index contributed by atoms with van der Waals surface area (Å²) in [6, 6.07) is 0. The molecule has 0 aromatic heterocycles. The molecule has 0 aliphatic carbocycles. The van der Waals surface area contributed by atoms with E-state index in [1.807, 2.05) is 0 Å². The van der Waals surface area contributed by atoms with E-state index >= 15 is 0 Å². The molecule has 0 spiro atoms. The van der Waals surface area contributed by atoms with Crippen molar-refractivity contribution in [3.05, 3.63) is 4.91 Å². The van der Waals surface area contributed by atoms with Gasteiger partial charge in [0.25, 0.3) is 5.00 Å². The summed E-state index contributed by atoms with van der Waals surface area (Å²) in [5.74, 6) is -1.34. The topological polar surface area (TPSA) is 66.7 Å². The molecule has 0 bridgehead atoms. The standard InChI is InChI=1S/C18H34ClNO3/c1-2-3-4-5-6-7-8-9-10-11-12-13-14-15-16-18(19,20-23)17(21)22/h2-16H2,1H3,(H,21,22). The van der Waals surface area contributed by atoms with E-state index in [1.54, 1.807) is 0 Å². The number of aliphatic carboxylic acids is 1. The Balaban J connectivity index is 3.28. The van der Waals surface area contributed by atoms with E-state index in [2.05, 4.69) is 12.1 Å². The van der Waals surface area contributed by atoms with Crippen LogP contribution in [0.3, 0.4) is 0 Å². The Morgan fingerprint density at radius 1 is 0.826 bits per heavy atom. The normalized spacial score (nSPS) is 13.7. The first-order valence-corrected chi connectivity index (χ1v) is 9.71. The van der Waals surface area contributed by atoms with E-state index in [9.17, 15) is 9.70 Å². The molecule has 0 heterocycles. The van der Waals surface area contributed by atoms with E-state index in [-0.39, 0.29) is 6.42 Å². The first-order chi connectivity index (χ1) is 11.1. The highest BCUT2D eigenvalue weighted by molar-refractivity contribution is 6.33. The second-order valence-corrected chi connectivity index (χ2v) is 7.13. The van der Waals surface area contributed by atoms with Crippen molar-refractivity contribution in [3.8, 4) is 0 Å². The second kappa shape index (κ2) is 14.9. The second-order valence-electron chi connectivity index (χ2n) is 6.50. The maximum Gasteiger partial charge on any atom is 0.350 e. The van der Waals surface area contributed by atoms with Gasteiger partial charge in [0, 0.05) is 6.42 Å². The van der Waals surface area contributed by atoms with Crippen molar-refractivity contribution in [2.24, 2.45) is 5.18 Å². The Bertz CT molecular complexity index is 313. The van der Waals surface area contributed by atoms with E-state index < -0.39 is 11.0 Å². The molecule has 4 nitrogen and oxygen atoms in total. The zero-order chi connectivity index (χ0) is 17.4. The maximum atomic E-state index is 10.8. The van der Waals surface area contributed by atoms with Crippen LogP contribution < -0.4 is 0 Å². The Morgan fingerprint density at radius 3 is 1.48 bits per heavy atom. The molecular formula is C18H34ClNO3. The fraction of sp³-hybridized carbons (Fsp3) is 0.944. The van der Waals surface area contributed by atoms with Gasteiger partial charge in [-0.25, -0.2) is 4.79 Å². The lowest BCUT2D eigenvalue weighted by Gasteiger charge is -2.12. The minimum Gasteiger partial charge on any atom is -0.478 e. The number of halogens is 1. The minimum absolute atomic E-state index is 0.116. The highest BCUT2D eigenvalue weighted by Gasteiger charge is 2.37. The monoisotopic (exact) mass is 347 g/mol. The summed E-state index contributed by atoms with van der Waals surface area (Å²) in [6.07, 6.45) is 17.3. The van der Waals surface area contributed by atoms with Crippen LogP contribution >= 0.6 is 11.6 Å². The average molecular weight is 348 g/mol. The molecule has 0 fully saturated rings. The largest absolute Gasteiger partial charge is 0.478 e. The van der Waals surface area contributed by atoms with Crippen LogP contribution in [0.4, 0.5) is 0 Å². The number of rotatable bonds is 17. The number of hydrogen-bond acceptors (Lipinski definition) is 3. The van der Waals surface area contributed by atoms with Gasteiger partial charge in [-0.15, -0.1) is 4.91 Å². The Kier molecular flexibility index (Phi) is 14.5. The molecule has 0 saturated carbocycles. The predicted octanol–water partition coefficient (Wildman–Crippen LogP) is 6.64. The van der Waals surface area contributed by atoms with Crippen LogP contribution in [0.2, 0.25) is 0 Å². The molecular weight excluding hydrogens is 314 g/mol. The Morgan fingerprint density at radius 2 is 1.17 bits per heavy atom. The van der Waals surface area contributed by atoms with E-state index in [0.29, 0.717) is 6.42 Å². The first kappa shape index (κ1) is 22.4. The summed E-state index contributed by atoms with van der Waals surface area (Å²) in [5.41, 5.74) is 0. The summed E-state index contributed by atoms with van der Waals surface area (Å²) in [6.45, 7) is 2.25. The molecule has 1 unspecified atom stereocenters. The van der Waals surface area contributed by atoms with Gasteiger partial charge in [-0.2, -0.15) is 0 Å². The van der Waals surface area contributed by atoms with Crippen LogP contribution in [0.1, 0.15) is 103 Å². The number of hydrogen-bond donors (Lipinski definition) is 1. The van der Waals surface area contributed by atoms with Crippen molar-refractivity contribution in [1.82, 2.24) is 0 Å². The third-order valence-corrected chi connectivity index (χ3v) is 4.75. The van der Waals surface area contributed by atoms with Crippen molar-refractivity contribution in [2.45, 2.75) is 108 Å². The van der Waals surface area contributed by atoms with Crippen LogP contribution in [0.15, 0.2) is 5.18 Å². The molecule has 0 aliphatic heterocycles. The number of nitroso groups, excluding NO2 is 1. The van der Waals surface area contributed by atoms with Crippen LogP contribution in [0.5, 0.6) is 0 Å². The number of carboxylic acid groups (broad SMARTS) is 1. The van der Waals surface area contributed by atoms with E-state index in [0.717, 1.165) is 12.8 Å². The quantitative estimate of drug-likeness (QED) is 0.139. The zero-order valence-corrected chi connectivity index (χ0v) is 15.5. The van der Waals surface area contributed by atoms with Gasteiger partial charge in [-0.05, 0) is 11.6 Å². The van der Waals surface area contributed by atoms with Gasteiger partial charge in [-0.1, -0.05) is 102 Å². The van der Waals surface area contributed by atoms with Crippen molar-refractivity contribution in [3.63, 3.8) is 0 Å². The molecule has 5 heteroatoms. The molecule has 0 rings (SSSR count). The first-order valence-electron chi connectivity index (χ1n) is 9.33. The van der Waals surface area contributed by atoms with Crippen molar-refractivity contribution >= 4 is 17.6 Å². The van der Waals surface area contributed by atoms with Crippen molar-refractivity contribution in [1.29, 1.82) is 0 Å². The molecule has 1 N–H and O–H groups in total. The van der Waals surface area contributed by atoms with Crippen LogP contribution in [-0.2, 0) is 4.79 Å². The third kappa shape index (κ3) is 12.4. The lowest BCUT2D eigenvalue weighted by Crippen LogP contribution is -2.29. The smallest absolute Gasteiger partial charge is 0.350 e. The maximum absolute atomic E-state index is 10.8. The average Bonchev–Trinajstić information content (AvgIpc) is 2.54. The number of carboxylic acids is 1. The Hall–Kier alpha value is -0.640. The SMILES string of the molecule is CCCCCCCCCCCCCCCCC(Cl)(N=O)C(=O)O. The third-order valence-electron chi connectivity index (χ3n) is 4.33. The summed E-state index contributed by atoms with van der Waals surface area (Å²) in [7, 11) is 0. The minimum atomic E-state index is -1.96. The lowest BCUT2D eigenvalue weighted by molar-refractivity contribution is -0.140. The molecule has 0 aromatic carbocycles. The summed E-state index contributed by atoms with van der Waals surface area (Å²) in [5, 5.41) is 11.3. The number of nitrogens with zero attached hydrogens (tertiary/aromatic N) is 1. The fourth-order valence-electron chi connectivity index (χ4n) is 2.75. The van der Waals surface area contributed by atoms with Gasteiger partial charge in [-0.3, -0.25) is 0 Å². The molecule has 0 aromatic rings. The molecule has 0 amide bonds. The number of alkyl halides is 1. The summed E-state index contributed by atoms with van der Waals surface area (Å²) in [4.78, 5) is 19.3. The van der Waals surface area contributed by atoms with E-state index in [1.165, 1.54) is 70.6 Å². The van der Waals surface area contributed by atoms with Crippen LogP contribution in [0, 0.1) is 4.91 Å². The van der Waals surface area contributed by atoms with Crippen LogP contribution in [0.25, 0.3) is 0 Å². The molecule has 0 aliphatic rings. The fourth-order valence-corrected chi connectivity index (χ4v) is 2.88. The molecule has 23 heavy (non-hydrogen) atoms. The van der Waals surface area contributed by atoms with Gasteiger partial charge >= 0.3 is 5.97 Å². The molecule has 0 saturated heterocycles. The molecule has 0 radical (unpaired) electrons.